The molecule has 0 saturated heterocycles. The van der Waals surface area contributed by atoms with Gasteiger partial charge in [0.15, 0.2) is 17.5 Å². The number of hydrogen-bond donors (Lipinski definition) is 0. The zero-order valence-electron chi connectivity index (χ0n) is 20.8. The van der Waals surface area contributed by atoms with Gasteiger partial charge >= 0.3 is 18.9 Å². The minimum atomic E-state index is 0. The number of aromatic nitrogens is 3. The van der Waals surface area contributed by atoms with Gasteiger partial charge in [-0.2, -0.15) is 0 Å². The van der Waals surface area contributed by atoms with E-state index in [0.29, 0.717) is 22.5 Å². The van der Waals surface area contributed by atoms with Crippen molar-refractivity contribution in [3.8, 4) is 56.4 Å². The molecule has 0 bridgehead atoms. The molecule has 5 aromatic carbocycles. The molecule has 176 valence electrons. The van der Waals surface area contributed by atoms with E-state index in [9.17, 15) is 0 Å². The average molecular weight is 502 g/mol. The van der Waals surface area contributed by atoms with Crippen LogP contribution >= 0.6 is 11.6 Å². The maximum Gasteiger partial charge on any atom is 1.00 e. The predicted molar refractivity (Wildman–Crippen MR) is 151 cm³/mol. The van der Waals surface area contributed by atoms with Crippen LogP contribution in [0.2, 0.25) is 5.02 Å². The van der Waals surface area contributed by atoms with Crippen LogP contribution < -0.4 is 18.9 Å². The molecule has 0 spiro atoms. The van der Waals surface area contributed by atoms with Gasteiger partial charge in [0.2, 0.25) is 0 Å². The normalized spacial score (nSPS) is 10.6. The van der Waals surface area contributed by atoms with Gasteiger partial charge in [0, 0.05) is 16.7 Å². The average Bonchev–Trinajstić information content (AvgIpc) is 2.98. The third kappa shape index (κ3) is 5.47. The quantitative estimate of drug-likeness (QED) is 0.226. The minimum absolute atomic E-state index is 0. The molecule has 0 fully saturated rings. The fourth-order valence-electron chi connectivity index (χ4n) is 4.30. The van der Waals surface area contributed by atoms with Gasteiger partial charge in [-0.1, -0.05) is 120 Å². The Labute approximate surface area is 239 Å². The van der Waals surface area contributed by atoms with Gasteiger partial charge in [0.25, 0.3) is 0 Å². The molecule has 0 aliphatic carbocycles. The van der Waals surface area contributed by atoms with Crippen molar-refractivity contribution < 1.29 is 18.9 Å². The summed E-state index contributed by atoms with van der Waals surface area (Å²) < 4.78 is 0. The third-order valence-electron chi connectivity index (χ3n) is 6.13. The van der Waals surface area contributed by atoms with E-state index in [1.54, 1.807) is 0 Å². The fraction of sp³-hybridized carbons (Fsp3) is 0. The van der Waals surface area contributed by atoms with Crippen molar-refractivity contribution in [1.82, 2.24) is 15.0 Å². The Balaban J connectivity index is 0.00000294. The first kappa shape index (κ1) is 25.6. The van der Waals surface area contributed by atoms with Crippen molar-refractivity contribution in [3.05, 3.63) is 138 Å². The largest absolute Gasteiger partial charge is 1.00 e. The van der Waals surface area contributed by atoms with Crippen molar-refractivity contribution >= 4 is 11.6 Å². The van der Waals surface area contributed by atoms with Gasteiger partial charge in [-0.25, -0.2) is 15.0 Å². The summed E-state index contributed by atoms with van der Waals surface area (Å²) in [6, 6.07) is 45.5. The monoisotopic (exact) mass is 501 g/mol. The van der Waals surface area contributed by atoms with E-state index < -0.39 is 0 Å². The van der Waals surface area contributed by atoms with Crippen molar-refractivity contribution in [2.45, 2.75) is 0 Å². The summed E-state index contributed by atoms with van der Waals surface area (Å²) in [4.78, 5) is 14.4. The first-order chi connectivity index (χ1) is 18.2. The molecule has 0 aliphatic rings. The molecule has 6 rings (SSSR count). The van der Waals surface area contributed by atoms with Crippen LogP contribution in [-0.2, 0) is 0 Å². The Morgan fingerprint density at radius 1 is 0.474 bits per heavy atom. The van der Waals surface area contributed by atoms with Crippen LogP contribution in [0.1, 0.15) is 0 Å². The fourth-order valence-corrected chi connectivity index (χ4v) is 4.47. The molecule has 5 heteroatoms. The van der Waals surface area contributed by atoms with Gasteiger partial charge in [0.1, 0.15) is 0 Å². The Bertz CT molecular complexity index is 1610. The van der Waals surface area contributed by atoms with E-state index >= 15 is 0 Å². The molecular weight excluding hydrogens is 481 g/mol. The first-order valence-corrected chi connectivity index (χ1v) is 12.4. The van der Waals surface area contributed by atoms with Crippen LogP contribution in [0.15, 0.2) is 127 Å². The summed E-state index contributed by atoms with van der Waals surface area (Å²) in [5, 5.41) is 0.692. The van der Waals surface area contributed by atoms with Gasteiger partial charge in [-0.05, 0) is 10.6 Å². The number of nitrogens with zero attached hydrogens (tertiary/aromatic N) is 3. The molecule has 1 aromatic heterocycles. The van der Waals surface area contributed by atoms with Crippen LogP contribution in [0.5, 0.6) is 0 Å². The van der Waals surface area contributed by atoms with Crippen LogP contribution in [-0.4, -0.2) is 15.0 Å². The summed E-state index contributed by atoms with van der Waals surface area (Å²) in [5.41, 5.74) is 7.07. The van der Waals surface area contributed by atoms with E-state index in [-0.39, 0.29) is 18.9 Å². The van der Waals surface area contributed by atoms with Crippen LogP contribution in [0.25, 0.3) is 56.4 Å². The Morgan fingerprint density at radius 2 is 0.921 bits per heavy atom. The SMILES string of the molecule is Clc1cc[c-]c(-c2ccccc2-c2ccc(-c3nc(-c4ccccc4)nc(-c4ccccc4)n3)cc2)c1.[Li+]. The molecular formula is C33H21ClLiN3. The topological polar surface area (TPSA) is 38.7 Å². The number of rotatable bonds is 5. The van der Waals surface area contributed by atoms with Crippen LogP contribution in [0.3, 0.4) is 0 Å². The maximum atomic E-state index is 6.26. The molecule has 6 aromatic rings. The minimum Gasteiger partial charge on any atom is -0.208 e. The van der Waals surface area contributed by atoms with E-state index in [1.807, 2.05) is 91.0 Å². The molecule has 0 unspecified atom stereocenters. The van der Waals surface area contributed by atoms with E-state index in [4.69, 9.17) is 26.6 Å². The molecule has 0 aliphatic heterocycles. The second kappa shape index (κ2) is 11.6. The second-order valence-corrected chi connectivity index (χ2v) is 9.02. The maximum absolute atomic E-state index is 6.26. The summed E-state index contributed by atoms with van der Waals surface area (Å²) in [6.45, 7) is 0. The summed E-state index contributed by atoms with van der Waals surface area (Å²) >= 11 is 6.26. The summed E-state index contributed by atoms with van der Waals surface area (Å²) in [6.07, 6.45) is 0. The van der Waals surface area contributed by atoms with Crippen LogP contribution in [0, 0.1) is 6.07 Å². The molecule has 38 heavy (non-hydrogen) atoms. The molecule has 0 radical (unpaired) electrons. The molecule has 0 atom stereocenters. The van der Waals surface area contributed by atoms with E-state index in [0.717, 1.165) is 38.9 Å². The van der Waals surface area contributed by atoms with Gasteiger partial charge in [0.05, 0.1) is 0 Å². The Morgan fingerprint density at radius 3 is 1.45 bits per heavy atom. The van der Waals surface area contributed by atoms with Gasteiger partial charge in [-0.15, -0.1) is 41.4 Å². The number of benzene rings is 5. The second-order valence-electron chi connectivity index (χ2n) is 8.58. The van der Waals surface area contributed by atoms with Crippen molar-refractivity contribution in [2.75, 3.05) is 0 Å². The molecule has 1 heterocycles. The molecule has 0 amide bonds. The van der Waals surface area contributed by atoms with Crippen LogP contribution in [0.4, 0.5) is 0 Å². The van der Waals surface area contributed by atoms with Crippen molar-refractivity contribution in [3.63, 3.8) is 0 Å². The predicted octanol–water partition coefficient (Wildman–Crippen LogP) is 5.66. The smallest absolute Gasteiger partial charge is 0.208 e. The zero-order chi connectivity index (χ0) is 25.0. The number of hydrogen-bond acceptors (Lipinski definition) is 3. The Hall–Kier alpha value is -4.00. The van der Waals surface area contributed by atoms with E-state index in [2.05, 4.69) is 42.5 Å². The molecule has 3 nitrogen and oxygen atoms in total. The molecule has 0 N–H and O–H groups in total. The molecule has 0 saturated carbocycles. The van der Waals surface area contributed by atoms with Gasteiger partial charge < -0.3 is 0 Å². The summed E-state index contributed by atoms with van der Waals surface area (Å²) in [7, 11) is 0. The third-order valence-corrected chi connectivity index (χ3v) is 6.37. The van der Waals surface area contributed by atoms with Crippen molar-refractivity contribution in [2.24, 2.45) is 0 Å². The van der Waals surface area contributed by atoms with Crippen molar-refractivity contribution in [1.29, 1.82) is 0 Å². The number of halogens is 1. The Kier molecular flexibility index (Phi) is 7.82. The standard InChI is InChI=1S/C33H21ClN3.Li/c34-28-15-9-14-27(22-28)30-17-8-7-16-29(30)23-18-20-26(21-19-23)33-36-31(24-10-3-1-4-11-24)35-32(37-33)25-12-5-2-6-13-25;/h1-13,15-22H;/q-1;+1. The summed E-state index contributed by atoms with van der Waals surface area (Å²) in [5.74, 6) is 1.93. The zero-order valence-corrected chi connectivity index (χ0v) is 21.6. The van der Waals surface area contributed by atoms with Gasteiger partial charge in [-0.3, -0.25) is 0 Å². The van der Waals surface area contributed by atoms with E-state index in [1.165, 1.54) is 0 Å². The first-order valence-electron chi connectivity index (χ1n) is 12.0.